The van der Waals surface area contributed by atoms with E-state index in [2.05, 4.69) is 18.7 Å². The van der Waals surface area contributed by atoms with Crippen LogP contribution in [-0.2, 0) is 0 Å². The van der Waals surface area contributed by atoms with E-state index in [1.54, 1.807) is 0 Å². The quantitative estimate of drug-likeness (QED) is 0.663. The van der Waals surface area contributed by atoms with Gasteiger partial charge in [0.15, 0.2) is 0 Å². The molecule has 0 spiro atoms. The van der Waals surface area contributed by atoms with Crippen LogP contribution in [0.3, 0.4) is 0 Å². The van der Waals surface area contributed by atoms with Crippen molar-refractivity contribution in [3.63, 3.8) is 0 Å². The Bertz CT molecular complexity index is 159. The predicted octanol–water partition coefficient (Wildman–Crippen LogP) is 2.62. The van der Waals surface area contributed by atoms with E-state index >= 15 is 0 Å². The second kappa shape index (κ2) is 4.36. The maximum absolute atomic E-state index is 12.2. The molecule has 0 N–H and O–H groups in total. The third-order valence-electron chi connectivity index (χ3n) is 3.01. The summed E-state index contributed by atoms with van der Waals surface area (Å²) in [5, 5.41) is 0. The molecule has 13 heavy (non-hydrogen) atoms. The van der Waals surface area contributed by atoms with Gasteiger partial charge >= 0.3 is 0 Å². The number of hydrogen-bond acceptors (Lipinski definition) is 1. The second-order valence-corrected chi connectivity index (χ2v) is 4.39. The highest BCUT2D eigenvalue weighted by molar-refractivity contribution is 4.87. The lowest BCUT2D eigenvalue weighted by Gasteiger charge is -2.28. The van der Waals surface area contributed by atoms with E-state index in [0.717, 1.165) is 13.0 Å². The van der Waals surface area contributed by atoms with Crippen molar-refractivity contribution in [3.8, 4) is 0 Å². The summed E-state index contributed by atoms with van der Waals surface area (Å²) >= 11 is 0. The molecule has 78 valence electrons. The fourth-order valence-electron chi connectivity index (χ4n) is 2.59. The molecule has 0 aromatic rings. The van der Waals surface area contributed by atoms with Crippen LogP contribution >= 0.6 is 0 Å². The van der Waals surface area contributed by atoms with Crippen molar-refractivity contribution in [1.29, 1.82) is 0 Å². The van der Waals surface area contributed by atoms with Crippen molar-refractivity contribution >= 4 is 0 Å². The Morgan fingerprint density at radius 1 is 1.38 bits per heavy atom. The van der Waals surface area contributed by atoms with Gasteiger partial charge in [0.1, 0.15) is 0 Å². The zero-order chi connectivity index (χ0) is 10.0. The summed E-state index contributed by atoms with van der Waals surface area (Å²) in [7, 11) is 2.04. The van der Waals surface area contributed by atoms with Gasteiger partial charge in [-0.1, -0.05) is 13.8 Å². The molecule has 0 amide bonds. The summed E-state index contributed by atoms with van der Waals surface area (Å²) in [5.74, 6) is 0.682. The zero-order valence-corrected chi connectivity index (χ0v) is 8.63. The highest BCUT2D eigenvalue weighted by Gasteiger charge is 2.35. The van der Waals surface area contributed by atoms with Gasteiger partial charge in [-0.3, -0.25) is 0 Å². The van der Waals surface area contributed by atoms with Gasteiger partial charge in [0.05, 0.1) is 0 Å². The van der Waals surface area contributed by atoms with E-state index in [0.29, 0.717) is 12.0 Å². The van der Waals surface area contributed by atoms with Crippen molar-refractivity contribution in [1.82, 2.24) is 4.90 Å². The largest absolute Gasteiger partial charge is 0.303 e. The van der Waals surface area contributed by atoms with Crippen LogP contribution < -0.4 is 0 Å². The highest BCUT2D eigenvalue weighted by atomic mass is 19.3. The lowest BCUT2D eigenvalue weighted by molar-refractivity contribution is 0.0943. The van der Waals surface area contributed by atoms with Crippen molar-refractivity contribution in [3.05, 3.63) is 0 Å². The Morgan fingerprint density at radius 2 is 2.00 bits per heavy atom. The van der Waals surface area contributed by atoms with E-state index < -0.39 is 6.43 Å². The third kappa shape index (κ3) is 2.63. The first-order chi connectivity index (χ1) is 6.02. The smallest absolute Gasteiger partial charge is 0.239 e. The third-order valence-corrected chi connectivity index (χ3v) is 3.01. The lowest BCUT2D eigenvalue weighted by atomic mass is 9.89. The average Bonchev–Trinajstić information content (AvgIpc) is 2.30. The molecule has 1 saturated heterocycles. The normalized spacial score (nSPS) is 30.7. The van der Waals surface area contributed by atoms with Crippen LogP contribution in [0.1, 0.15) is 26.7 Å². The van der Waals surface area contributed by atoms with E-state index in [4.69, 9.17) is 0 Å². The maximum Gasteiger partial charge on any atom is 0.239 e. The van der Waals surface area contributed by atoms with Crippen molar-refractivity contribution in [2.45, 2.75) is 39.2 Å². The molecule has 2 unspecified atom stereocenters. The fraction of sp³-hybridized carbons (Fsp3) is 1.00. The number of alkyl halides is 2. The average molecular weight is 191 g/mol. The summed E-state index contributed by atoms with van der Waals surface area (Å²) in [6.07, 6.45) is -1.13. The Morgan fingerprint density at radius 3 is 2.46 bits per heavy atom. The minimum absolute atomic E-state index is 0.0766. The van der Waals surface area contributed by atoms with Gasteiger partial charge in [-0.15, -0.1) is 0 Å². The van der Waals surface area contributed by atoms with E-state index in [9.17, 15) is 8.78 Å². The van der Waals surface area contributed by atoms with E-state index in [1.165, 1.54) is 0 Å². The first kappa shape index (κ1) is 10.9. The monoisotopic (exact) mass is 191 g/mol. The minimum atomic E-state index is -2.14. The number of likely N-dealkylation sites (tertiary alicyclic amines) is 1. The Hall–Kier alpha value is -0.180. The van der Waals surface area contributed by atoms with Crippen LogP contribution in [0.15, 0.2) is 0 Å². The molecule has 0 aromatic heterocycles. The Balaban J connectivity index is 2.54. The van der Waals surface area contributed by atoms with Gasteiger partial charge < -0.3 is 4.90 Å². The molecule has 1 aliphatic rings. The molecule has 1 nitrogen and oxygen atoms in total. The SMILES string of the molecule is CC(C)C1C(CC(F)F)CCN1C. The molecule has 1 rings (SSSR count). The van der Waals surface area contributed by atoms with Gasteiger partial charge in [-0.2, -0.15) is 0 Å². The zero-order valence-electron chi connectivity index (χ0n) is 8.63. The molecule has 0 aromatic carbocycles. The van der Waals surface area contributed by atoms with Gasteiger partial charge in [-0.25, -0.2) is 8.78 Å². The predicted molar refractivity (Wildman–Crippen MR) is 50.0 cm³/mol. The molecule has 2 atom stereocenters. The lowest BCUT2D eigenvalue weighted by Crippen LogP contribution is -2.34. The van der Waals surface area contributed by atoms with Crippen LogP contribution in [0.25, 0.3) is 0 Å². The summed E-state index contributed by atoms with van der Waals surface area (Å²) in [6, 6.07) is 0.356. The van der Waals surface area contributed by atoms with Crippen molar-refractivity contribution in [2.24, 2.45) is 11.8 Å². The molecule has 1 aliphatic heterocycles. The molecule has 0 aliphatic carbocycles. The number of rotatable bonds is 3. The van der Waals surface area contributed by atoms with Crippen molar-refractivity contribution < 1.29 is 8.78 Å². The second-order valence-electron chi connectivity index (χ2n) is 4.39. The Labute approximate surface area is 79.1 Å². The summed E-state index contributed by atoms with van der Waals surface area (Å²) in [6.45, 7) is 5.20. The molecule has 0 saturated carbocycles. The van der Waals surface area contributed by atoms with Gasteiger partial charge in [-0.05, 0) is 31.8 Å². The first-order valence-electron chi connectivity index (χ1n) is 5.00. The molecular formula is C10H19F2N. The first-order valence-corrected chi connectivity index (χ1v) is 5.00. The van der Waals surface area contributed by atoms with Crippen molar-refractivity contribution in [2.75, 3.05) is 13.6 Å². The highest BCUT2D eigenvalue weighted by Crippen LogP contribution is 2.32. The van der Waals surface area contributed by atoms with E-state index in [1.807, 2.05) is 7.05 Å². The maximum atomic E-state index is 12.2. The van der Waals surface area contributed by atoms with Gasteiger partial charge in [0.25, 0.3) is 0 Å². The number of nitrogens with zero attached hydrogens (tertiary/aromatic N) is 1. The topological polar surface area (TPSA) is 3.24 Å². The Kier molecular flexibility index (Phi) is 3.65. The molecule has 1 fully saturated rings. The molecule has 0 radical (unpaired) electrons. The number of hydrogen-bond donors (Lipinski definition) is 0. The van der Waals surface area contributed by atoms with Crippen LogP contribution in [0.4, 0.5) is 8.78 Å². The van der Waals surface area contributed by atoms with E-state index in [-0.39, 0.29) is 12.3 Å². The van der Waals surface area contributed by atoms with Crippen LogP contribution in [0.2, 0.25) is 0 Å². The number of halogens is 2. The van der Waals surface area contributed by atoms with Crippen LogP contribution in [0, 0.1) is 11.8 Å². The molecule has 3 heteroatoms. The van der Waals surface area contributed by atoms with Gasteiger partial charge in [0.2, 0.25) is 6.43 Å². The summed E-state index contributed by atoms with van der Waals surface area (Å²) < 4.78 is 24.5. The standard InChI is InChI=1S/C10H19F2N/c1-7(2)10-8(6-9(11)12)4-5-13(10)3/h7-10H,4-6H2,1-3H3. The molecule has 0 bridgehead atoms. The summed E-state index contributed by atoms with van der Waals surface area (Å²) in [4.78, 5) is 2.22. The van der Waals surface area contributed by atoms with Crippen LogP contribution in [0.5, 0.6) is 0 Å². The fourth-order valence-corrected chi connectivity index (χ4v) is 2.59. The minimum Gasteiger partial charge on any atom is -0.303 e. The molecule has 1 heterocycles. The van der Waals surface area contributed by atoms with Gasteiger partial charge in [0, 0.05) is 12.5 Å². The summed E-state index contributed by atoms with van der Waals surface area (Å²) in [5.41, 5.74) is 0. The van der Waals surface area contributed by atoms with Crippen LogP contribution in [-0.4, -0.2) is 31.0 Å². The molecular weight excluding hydrogens is 172 g/mol.